The molecular formula is C25H33N3O4. The maximum Gasteiger partial charge on any atom is 0.203 e. The Morgan fingerprint density at radius 1 is 0.969 bits per heavy atom. The van der Waals surface area contributed by atoms with Gasteiger partial charge in [0.2, 0.25) is 11.2 Å². The molecule has 0 spiro atoms. The van der Waals surface area contributed by atoms with E-state index in [2.05, 4.69) is 28.2 Å². The van der Waals surface area contributed by atoms with Crippen LogP contribution in [0.5, 0.6) is 17.2 Å². The second-order valence-corrected chi connectivity index (χ2v) is 8.45. The molecule has 0 radical (unpaired) electrons. The molecule has 0 bridgehead atoms. The minimum atomic E-state index is 0.0546. The monoisotopic (exact) mass is 439 g/mol. The van der Waals surface area contributed by atoms with Gasteiger partial charge in [-0.1, -0.05) is 6.07 Å². The lowest BCUT2D eigenvalue weighted by molar-refractivity contribution is 0.312. The third-order valence-corrected chi connectivity index (χ3v) is 6.71. The first kappa shape index (κ1) is 22.4. The van der Waals surface area contributed by atoms with E-state index in [9.17, 15) is 4.79 Å². The molecule has 0 saturated carbocycles. The zero-order chi connectivity index (χ0) is 22.8. The molecule has 1 atom stereocenters. The van der Waals surface area contributed by atoms with Crippen molar-refractivity contribution in [2.24, 2.45) is 0 Å². The minimum Gasteiger partial charge on any atom is -0.493 e. The first-order valence-corrected chi connectivity index (χ1v) is 11.1. The number of ether oxygens (including phenoxy) is 3. The lowest BCUT2D eigenvalue weighted by atomic mass is 9.95. The highest BCUT2D eigenvalue weighted by Crippen LogP contribution is 2.50. The van der Waals surface area contributed by atoms with Gasteiger partial charge >= 0.3 is 0 Å². The van der Waals surface area contributed by atoms with E-state index in [-0.39, 0.29) is 11.5 Å². The van der Waals surface area contributed by atoms with E-state index in [0.717, 1.165) is 67.0 Å². The molecule has 7 heteroatoms. The number of nitrogens with one attached hydrogen (secondary N) is 1. The molecule has 1 N–H and O–H groups in total. The van der Waals surface area contributed by atoms with Crippen molar-refractivity contribution in [3.8, 4) is 28.4 Å². The standard InChI is InChI=1S/C25H33N3O4/c1-26-19-8-6-16-14-22(30-3)24(31-4)25(32-5)23(16)17-7-9-20(21(29)15-18(17)19)28-12-10-27(2)11-13-28/h7,9,14-15,19,26H,6,8,10-13H2,1-5H3. The lowest BCUT2D eigenvalue weighted by Gasteiger charge is -2.33. The molecule has 1 saturated heterocycles. The Bertz CT molecular complexity index is 1050. The Balaban J connectivity index is 1.96. The smallest absolute Gasteiger partial charge is 0.203 e. The molecule has 172 valence electrons. The highest BCUT2D eigenvalue weighted by molar-refractivity contribution is 5.83. The summed E-state index contributed by atoms with van der Waals surface area (Å²) in [5, 5.41) is 3.41. The van der Waals surface area contributed by atoms with E-state index >= 15 is 0 Å². The Hall–Kier alpha value is -2.77. The quantitative estimate of drug-likeness (QED) is 0.769. The molecule has 1 aliphatic heterocycles. The van der Waals surface area contributed by atoms with Gasteiger partial charge in [-0.2, -0.15) is 0 Å². The van der Waals surface area contributed by atoms with Crippen molar-refractivity contribution >= 4 is 5.69 Å². The normalized spacial score (nSPS) is 18.4. The molecule has 1 fully saturated rings. The Kier molecular flexibility index (Phi) is 6.58. The van der Waals surface area contributed by atoms with E-state index in [0.29, 0.717) is 17.2 Å². The number of methoxy groups -OCH3 is 3. The summed E-state index contributed by atoms with van der Waals surface area (Å²) in [7, 11) is 8.96. The van der Waals surface area contributed by atoms with Gasteiger partial charge in [0.25, 0.3) is 0 Å². The maximum absolute atomic E-state index is 13.4. The summed E-state index contributed by atoms with van der Waals surface area (Å²) in [6.45, 7) is 3.59. The van der Waals surface area contributed by atoms with E-state index in [1.54, 1.807) is 21.3 Å². The van der Waals surface area contributed by atoms with Gasteiger partial charge in [0.1, 0.15) is 0 Å². The molecule has 2 aromatic rings. The Labute approximate surface area is 189 Å². The van der Waals surface area contributed by atoms with E-state index < -0.39 is 0 Å². The molecule has 2 aromatic carbocycles. The average Bonchev–Trinajstić information content (AvgIpc) is 3.06. The number of hydrogen-bond donors (Lipinski definition) is 1. The van der Waals surface area contributed by atoms with Crippen molar-refractivity contribution in [1.29, 1.82) is 0 Å². The number of likely N-dealkylation sites (N-methyl/N-ethyl adjacent to an activating group) is 1. The summed E-state index contributed by atoms with van der Waals surface area (Å²) in [6, 6.07) is 7.96. The van der Waals surface area contributed by atoms with Crippen LogP contribution in [0.2, 0.25) is 0 Å². The fraction of sp³-hybridized carbons (Fsp3) is 0.480. The number of piperazine rings is 1. The summed E-state index contributed by atoms with van der Waals surface area (Å²) < 4.78 is 17.1. The molecule has 1 heterocycles. The predicted octanol–water partition coefficient (Wildman–Crippen LogP) is 2.70. The SMILES string of the molecule is CNC1CCc2cc(OC)c(OC)c(OC)c2-c2ccc(N3CCN(C)CC3)c(=O)cc21. The number of benzene rings is 1. The van der Waals surface area contributed by atoms with Gasteiger partial charge in [-0.15, -0.1) is 0 Å². The predicted molar refractivity (Wildman–Crippen MR) is 128 cm³/mol. The third kappa shape index (κ3) is 3.91. The summed E-state index contributed by atoms with van der Waals surface area (Å²) in [4.78, 5) is 17.9. The highest BCUT2D eigenvalue weighted by atomic mass is 16.5. The molecule has 1 aliphatic carbocycles. The van der Waals surface area contributed by atoms with Crippen molar-refractivity contribution in [3.63, 3.8) is 0 Å². The van der Waals surface area contributed by atoms with Gasteiger partial charge in [-0.3, -0.25) is 4.79 Å². The van der Waals surface area contributed by atoms with Crippen LogP contribution < -0.4 is 29.9 Å². The second kappa shape index (κ2) is 9.38. The topological polar surface area (TPSA) is 63.3 Å². The first-order valence-electron chi connectivity index (χ1n) is 11.1. The van der Waals surface area contributed by atoms with Crippen LogP contribution in [-0.4, -0.2) is 66.5 Å². The van der Waals surface area contributed by atoms with Gasteiger partial charge in [-0.25, -0.2) is 0 Å². The largest absolute Gasteiger partial charge is 0.493 e. The van der Waals surface area contributed by atoms with E-state index in [1.165, 1.54) is 0 Å². The number of fused-ring (bicyclic) bond motifs is 3. The summed E-state index contributed by atoms with van der Waals surface area (Å²) >= 11 is 0. The van der Waals surface area contributed by atoms with Crippen LogP contribution in [0, 0.1) is 0 Å². The van der Waals surface area contributed by atoms with E-state index in [1.807, 2.05) is 25.2 Å². The molecule has 32 heavy (non-hydrogen) atoms. The van der Waals surface area contributed by atoms with Gasteiger partial charge in [0.05, 0.1) is 27.0 Å². The number of anilines is 1. The maximum atomic E-state index is 13.4. The zero-order valence-corrected chi connectivity index (χ0v) is 19.7. The molecule has 0 aromatic heterocycles. The van der Waals surface area contributed by atoms with Crippen molar-refractivity contribution in [2.75, 3.05) is 66.5 Å². The summed E-state index contributed by atoms with van der Waals surface area (Å²) in [5.74, 6) is 1.85. The molecular weight excluding hydrogens is 406 g/mol. The Morgan fingerprint density at radius 2 is 1.69 bits per heavy atom. The minimum absolute atomic E-state index is 0.0546. The molecule has 2 aliphatic rings. The first-order chi connectivity index (χ1) is 15.5. The van der Waals surface area contributed by atoms with Gasteiger partial charge in [0, 0.05) is 37.8 Å². The van der Waals surface area contributed by atoms with Crippen LogP contribution in [0.15, 0.2) is 29.1 Å². The van der Waals surface area contributed by atoms with Crippen LogP contribution in [-0.2, 0) is 6.42 Å². The van der Waals surface area contributed by atoms with Crippen molar-refractivity contribution in [2.45, 2.75) is 18.9 Å². The van der Waals surface area contributed by atoms with E-state index in [4.69, 9.17) is 14.2 Å². The number of rotatable bonds is 5. The van der Waals surface area contributed by atoms with Crippen LogP contribution in [0.1, 0.15) is 23.6 Å². The second-order valence-electron chi connectivity index (χ2n) is 8.45. The number of nitrogens with zero attached hydrogens (tertiary/aromatic N) is 2. The molecule has 0 amide bonds. The van der Waals surface area contributed by atoms with Gasteiger partial charge < -0.3 is 29.3 Å². The van der Waals surface area contributed by atoms with Crippen molar-refractivity contribution < 1.29 is 14.2 Å². The highest BCUT2D eigenvalue weighted by Gasteiger charge is 2.29. The van der Waals surface area contributed by atoms with Crippen molar-refractivity contribution in [1.82, 2.24) is 10.2 Å². The fourth-order valence-electron chi connectivity index (χ4n) is 4.91. The van der Waals surface area contributed by atoms with Crippen LogP contribution in [0.25, 0.3) is 11.1 Å². The Morgan fingerprint density at radius 3 is 2.31 bits per heavy atom. The van der Waals surface area contributed by atoms with Crippen LogP contribution >= 0.6 is 0 Å². The molecule has 1 unspecified atom stereocenters. The fourth-order valence-corrected chi connectivity index (χ4v) is 4.91. The zero-order valence-electron chi connectivity index (χ0n) is 19.7. The summed E-state index contributed by atoms with van der Waals surface area (Å²) in [5.41, 5.74) is 4.88. The molecule has 7 nitrogen and oxygen atoms in total. The van der Waals surface area contributed by atoms with Gasteiger partial charge in [0.15, 0.2) is 11.5 Å². The van der Waals surface area contributed by atoms with Gasteiger partial charge in [-0.05, 0) is 61.8 Å². The lowest BCUT2D eigenvalue weighted by Crippen LogP contribution is -2.45. The van der Waals surface area contributed by atoms with Crippen molar-refractivity contribution in [3.05, 3.63) is 45.6 Å². The average molecular weight is 440 g/mol. The number of aryl methyl sites for hydroxylation is 1. The van der Waals surface area contributed by atoms with Crippen LogP contribution in [0.4, 0.5) is 5.69 Å². The van der Waals surface area contributed by atoms with Crippen LogP contribution in [0.3, 0.4) is 0 Å². The summed E-state index contributed by atoms with van der Waals surface area (Å²) in [6.07, 6.45) is 1.69. The third-order valence-electron chi connectivity index (χ3n) is 6.71. The number of hydrogen-bond acceptors (Lipinski definition) is 7. The molecule has 4 rings (SSSR count).